The van der Waals surface area contributed by atoms with E-state index in [0.717, 1.165) is 25.8 Å². The highest BCUT2D eigenvalue weighted by atomic mass is 16.2. The second kappa shape index (κ2) is 7.65. The molecule has 0 unspecified atom stereocenters. The van der Waals surface area contributed by atoms with E-state index in [1.54, 1.807) is 6.20 Å². The van der Waals surface area contributed by atoms with E-state index in [9.17, 15) is 4.79 Å². The molecule has 0 fully saturated rings. The Kier molecular flexibility index (Phi) is 6.07. The third kappa shape index (κ3) is 6.56. The molecule has 0 aromatic carbocycles. The van der Waals surface area contributed by atoms with E-state index in [1.165, 1.54) is 5.56 Å². The second-order valence-corrected chi connectivity index (χ2v) is 4.37. The lowest BCUT2D eigenvalue weighted by molar-refractivity contribution is 0.238. The zero-order chi connectivity index (χ0) is 12.5. The molecule has 1 aromatic heterocycles. The van der Waals surface area contributed by atoms with Gasteiger partial charge in [-0.3, -0.25) is 4.98 Å². The molecule has 17 heavy (non-hydrogen) atoms. The predicted molar refractivity (Wildman–Crippen MR) is 68.8 cm³/mol. The minimum Gasteiger partial charge on any atom is -0.338 e. The number of amides is 2. The van der Waals surface area contributed by atoms with Gasteiger partial charge < -0.3 is 10.6 Å². The molecule has 0 spiro atoms. The minimum atomic E-state index is -0.0821. The zero-order valence-corrected chi connectivity index (χ0v) is 10.6. The molecule has 1 rings (SSSR count). The van der Waals surface area contributed by atoms with Crippen molar-refractivity contribution in [3.63, 3.8) is 0 Å². The van der Waals surface area contributed by atoms with E-state index in [0.29, 0.717) is 0 Å². The van der Waals surface area contributed by atoms with Gasteiger partial charge in [0, 0.05) is 25.0 Å². The van der Waals surface area contributed by atoms with Crippen LogP contribution < -0.4 is 10.6 Å². The van der Waals surface area contributed by atoms with Gasteiger partial charge in [0.05, 0.1) is 0 Å². The molecule has 0 saturated carbocycles. The number of rotatable bonds is 6. The maximum atomic E-state index is 11.3. The van der Waals surface area contributed by atoms with E-state index in [1.807, 2.05) is 26.1 Å². The monoisotopic (exact) mass is 235 g/mol. The van der Waals surface area contributed by atoms with Gasteiger partial charge in [-0.2, -0.15) is 0 Å². The van der Waals surface area contributed by atoms with Gasteiger partial charge in [-0.05, 0) is 44.7 Å². The van der Waals surface area contributed by atoms with E-state index >= 15 is 0 Å². The van der Waals surface area contributed by atoms with Crippen molar-refractivity contribution in [1.29, 1.82) is 0 Å². The summed E-state index contributed by atoms with van der Waals surface area (Å²) < 4.78 is 0. The second-order valence-electron chi connectivity index (χ2n) is 4.37. The fourth-order valence-corrected chi connectivity index (χ4v) is 1.52. The lowest BCUT2D eigenvalue weighted by Crippen LogP contribution is -2.39. The van der Waals surface area contributed by atoms with E-state index in [4.69, 9.17) is 0 Å². The number of carbonyl (C=O) groups excluding carboxylic acids is 1. The molecule has 0 aliphatic heterocycles. The summed E-state index contributed by atoms with van der Waals surface area (Å²) in [6.45, 7) is 4.61. The van der Waals surface area contributed by atoms with Crippen LogP contribution in [-0.4, -0.2) is 23.6 Å². The summed E-state index contributed by atoms with van der Waals surface area (Å²) in [5.74, 6) is 0. The number of urea groups is 1. The van der Waals surface area contributed by atoms with Crippen LogP contribution in [0.15, 0.2) is 24.5 Å². The number of unbranched alkanes of at least 4 members (excludes halogenated alkanes) is 1. The van der Waals surface area contributed by atoms with E-state index in [2.05, 4.69) is 21.7 Å². The number of carbonyl (C=O) groups is 1. The maximum Gasteiger partial charge on any atom is 0.314 e. The molecule has 0 atom stereocenters. The molecule has 0 aliphatic rings. The highest BCUT2D eigenvalue weighted by molar-refractivity contribution is 5.73. The number of aromatic nitrogens is 1. The average Bonchev–Trinajstić information content (AvgIpc) is 2.29. The maximum absolute atomic E-state index is 11.3. The van der Waals surface area contributed by atoms with Gasteiger partial charge in [0.25, 0.3) is 0 Å². The first-order valence-corrected chi connectivity index (χ1v) is 6.12. The highest BCUT2D eigenvalue weighted by Crippen LogP contribution is 2.01. The van der Waals surface area contributed by atoms with Crippen molar-refractivity contribution in [3.8, 4) is 0 Å². The lowest BCUT2D eigenvalue weighted by Gasteiger charge is -2.09. The SMILES string of the molecule is CC(C)NC(=O)NCCCCc1cccnc1. The molecule has 4 nitrogen and oxygen atoms in total. The first kappa shape index (κ1) is 13.5. The summed E-state index contributed by atoms with van der Waals surface area (Å²) in [5, 5.41) is 5.63. The summed E-state index contributed by atoms with van der Waals surface area (Å²) in [6.07, 6.45) is 6.73. The third-order valence-electron chi connectivity index (χ3n) is 2.32. The smallest absolute Gasteiger partial charge is 0.314 e. The number of nitrogens with zero attached hydrogens (tertiary/aromatic N) is 1. The predicted octanol–water partition coefficient (Wildman–Crippen LogP) is 2.11. The highest BCUT2D eigenvalue weighted by Gasteiger charge is 2.00. The number of hydrogen-bond acceptors (Lipinski definition) is 2. The van der Waals surface area contributed by atoms with Gasteiger partial charge in [0.15, 0.2) is 0 Å². The Labute approximate surface area is 103 Å². The van der Waals surface area contributed by atoms with Crippen LogP contribution in [0.3, 0.4) is 0 Å². The van der Waals surface area contributed by atoms with Gasteiger partial charge in [0.2, 0.25) is 0 Å². The Bertz CT molecular complexity index is 325. The van der Waals surface area contributed by atoms with Gasteiger partial charge in [-0.1, -0.05) is 6.07 Å². The summed E-state index contributed by atoms with van der Waals surface area (Å²) in [6, 6.07) is 4.13. The molecule has 0 bridgehead atoms. The molecular formula is C13H21N3O. The fourth-order valence-electron chi connectivity index (χ4n) is 1.52. The topological polar surface area (TPSA) is 54.0 Å². The number of nitrogens with one attached hydrogen (secondary N) is 2. The minimum absolute atomic E-state index is 0.0821. The van der Waals surface area contributed by atoms with Crippen molar-refractivity contribution in [2.45, 2.75) is 39.2 Å². The Morgan fingerprint density at radius 2 is 2.24 bits per heavy atom. The average molecular weight is 235 g/mol. The van der Waals surface area contributed by atoms with Crippen LogP contribution >= 0.6 is 0 Å². The molecule has 4 heteroatoms. The molecule has 1 aromatic rings. The number of aryl methyl sites for hydroxylation is 1. The van der Waals surface area contributed by atoms with Crippen LogP contribution in [0.1, 0.15) is 32.3 Å². The molecule has 2 amide bonds. The van der Waals surface area contributed by atoms with Crippen molar-refractivity contribution in [2.24, 2.45) is 0 Å². The van der Waals surface area contributed by atoms with Crippen LogP contribution in [-0.2, 0) is 6.42 Å². The largest absolute Gasteiger partial charge is 0.338 e. The summed E-state index contributed by atoms with van der Waals surface area (Å²) in [4.78, 5) is 15.3. The van der Waals surface area contributed by atoms with Gasteiger partial charge in [0.1, 0.15) is 0 Å². The zero-order valence-electron chi connectivity index (χ0n) is 10.6. The summed E-state index contributed by atoms with van der Waals surface area (Å²) in [5.41, 5.74) is 1.25. The third-order valence-corrected chi connectivity index (χ3v) is 2.32. The Hall–Kier alpha value is -1.58. The van der Waals surface area contributed by atoms with Crippen LogP contribution in [0.4, 0.5) is 4.79 Å². The van der Waals surface area contributed by atoms with Crippen LogP contribution in [0.2, 0.25) is 0 Å². The molecule has 1 heterocycles. The quantitative estimate of drug-likeness (QED) is 0.742. The van der Waals surface area contributed by atoms with Crippen molar-refractivity contribution in [2.75, 3.05) is 6.54 Å². The first-order chi connectivity index (χ1) is 8.18. The van der Waals surface area contributed by atoms with Crippen LogP contribution in [0.25, 0.3) is 0 Å². The molecule has 2 N–H and O–H groups in total. The number of pyridine rings is 1. The van der Waals surface area contributed by atoms with Crippen molar-refractivity contribution in [1.82, 2.24) is 15.6 Å². The normalized spacial score (nSPS) is 10.3. The van der Waals surface area contributed by atoms with E-state index in [-0.39, 0.29) is 12.1 Å². The Morgan fingerprint density at radius 1 is 1.41 bits per heavy atom. The van der Waals surface area contributed by atoms with Crippen LogP contribution in [0.5, 0.6) is 0 Å². The standard InChI is InChI=1S/C13H21N3O/c1-11(2)16-13(17)15-9-4-3-6-12-7-5-8-14-10-12/h5,7-8,10-11H,3-4,6,9H2,1-2H3,(H2,15,16,17). The lowest BCUT2D eigenvalue weighted by atomic mass is 10.1. The molecule has 0 saturated heterocycles. The van der Waals surface area contributed by atoms with Gasteiger partial charge >= 0.3 is 6.03 Å². The van der Waals surface area contributed by atoms with Crippen molar-refractivity contribution >= 4 is 6.03 Å². The molecule has 94 valence electrons. The molecule has 0 aliphatic carbocycles. The van der Waals surface area contributed by atoms with Gasteiger partial charge in [-0.15, -0.1) is 0 Å². The summed E-state index contributed by atoms with van der Waals surface area (Å²) in [7, 11) is 0. The Balaban J connectivity index is 2.03. The first-order valence-electron chi connectivity index (χ1n) is 6.12. The Morgan fingerprint density at radius 3 is 2.88 bits per heavy atom. The van der Waals surface area contributed by atoms with Crippen molar-refractivity contribution < 1.29 is 4.79 Å². The summed E-state index contributed by atoms with van der Waals surface area (Å²) >= 11 is 0. The van der Waals surface area contributed by atoms with E-state index < -0.39 is 0 Å². The van der Waals surface area contributed by atoms with Gasteiger partial charge in [-0.25, -0.2) is 4.79 Å². The van der Waals surface area contributed by atoms with Crippen molar-refractivity contribution in [3.05, 3.63) is 30.1 Å². The molecular weight excluding hydrogens is 214 g/mol. The number of hydrogen-bond donors (Lipinski definition) is 2. The molecule has 0 radical (unpaired) electrons. The fraction of sp³-hybridized carbons (Fsp3) is 0.538. The van der Waals surface area contributed by atoms with Crippen LogP contribution in [0, 0.1) is 0 Å².